The minimum Gasteiger partial charge on any atom is -0.369 e. The van der Waals surface area contributed by atoms with Crippen LogP contribution in [0.25, 0.3) is 0 Å². The van der Waals surface area contributed by atoms with Gasteiger partial charge in [-0.3, -0.25) is 14.5 Å². The molecule has 2 N–H and O–H groups in total. The average molecular weight is 275 g/mol. The number of carbonyl (C=O) groups excluding carboxylic acids is 2. The van der Waals surface area contributed by atoms with Crippen molar-refractivity contribution in [3.8, 4) is 0 Å². The maximum Gasteiger partial charge on any atom is 0.231 e. The monoisotopic (exact) mass is 274 g/mol. The Labute approximate surface area is 109 Å². The molecule has 92 valence electrons. The molecule has 1 aromatic carbocycles. The maximum atomic E-state index is 11.8. The lowest BCUT2D eigenvalue weighted by molar-refractivity contribution is -0.118. The maximum absolute atomic E-state index is 11.8. The van der Waals surface area contributed by atoms with E-state index in [0.717, 1.165) is 0 Å². The number of likely N-dealkylation sites (N-methyl/N-ethyl adjacent to an activating group) is 1. The predicted octanol–water partition coefficient (Wildman–Crippen LogP) is 1.59. The fraction of sp³-hybridized carbons (Fsp3) is 0.273. The molecule has 6 heteroatoms. The van der Waals surface area contributed by atoms with Gasteiger partial charge in [-0.2, -0.15) is 0 Å². The van der Waals surface area contributed by atoms with Crippen LogP contribution in [0.15, 0.2) is 18.2 Å². The molecule has 1 amide bonds. The van der Waals surface area contributed by atoms with Crippen molar-refractivity contribution >= 4 is 34.9 Å². The van der Waals surface area contributed by atoms with Gasteiger partial charge in [0.15, 0.2) is 5.78 Å². The first-order valence-corrected chi connectivity index (χ1v) is 5.61. The Morgan fingerprint density at radius 1 is 1.29 bits per heavy atom. The van der Waals surface area contributed by atoms with Gasteiger partial charge >= 0.3 is 0 Å². The van der Waals surface area contributed by atoms with Gasteiger partial charge < -0.3 is 5.73 Å². The molecule has 0 aliphatic carbocycles. The van der Waals surface area contributed by atoms with Gasteiger partial charge in [0, 0.05) is 10.6 Å². The van der Waals surface area contributed by atoms with Crippen molar-refractivity contribution in [3.63, 3.8) is 0 Å². The van der Waals surface area contributed by atoms with Crippen LogP contribution >= 0.6 is 23.2 Å². The van der Waals surface area contributed by atoms with Gasteiger partial charge in [0.2, 0.25) is 5.91 Å². The van der Waals surface area contributed by atoms with Crippen molar-refractivity contribution < 1.29 is 9.59 Å². The van der Waals surface area contributed by atoms with Crippen molar-refractivity contribution in [2.75, 3.05) is 20.1 Å². The minimum atomic E-state index is -0.484. The summed E-state index contributed by atoms with van der Waals surface area (Å²) in [5, 5.41) is 0.770. The van der Waals surface area contributed by atoms with Gasteiger partial charge in [0.25, 0.3) is 0 Å². The summed E-state index contributed by atoms with van der Waals surface area (Å²) in [6, 6.07) is 4.66. The number of nitrogens with two attached hydrogens (primary N) is 1. The predicted molar refractivity (Wildman–Crippen MR) is 67.5 cm³/mol. The highest BCUT2D eigenvalue weighted by Crippen LogP contribution is 2.21. The van der Waals surface area contributed by atoms with Gasteiger partial charge in [-0.1, -0.05) is 23.2 Å². The third-order valence-electron chi connectivity index (χ3n) is 2.07. The van der Waals surface area contributed by atoms with Gasteiger partial charge in [-0.25, -0.2) is 0 Å². The molecule has 0 saturated heterocycles. The second-order valence-corrected chi connectivity index (χ2v) is 4.53. The number of Topliss-reactive ketones (excluding diaryl/α,β-unsaturated/α-hetero) is 1. The van der Waals surface area contributed by atoms with Gasteiger partial charge in [0.1, 0.15) is 0 Å². The number of hydrogen-bond acceptors (Lipinski definition) is 3. The minimum absolute atomic E-state index is 0.0248. The summed E-state index contributed by atoms with van der Waals surface area (Å²) < 4.78 is 0. The molecule has 0 heterocycles. The number of ketones is 1. The topological polar surface area (TPSA) is 63.4 Å². The molecule has 0 fully saturated rings. The summed E-state index contributed by atoms with van der Waals surface area (Å²) in [6.45, 7) is 0.0985. The van der Waals surface area contributed by atoms with E-state index in [2.05, 4.69) is 0 Å². The molecule has 0 spiro atoms. The fourth-order valence-corrected chi connectivity index (χ4v) is 1.88. The highest BCUT2D eigenvalue weighted by molar-refractivity contribution is 6.36. The van der Waals surface area contributed by atoms with Crippen LogP contribution in [0.2, 0.25) is 10.0 Å². The fourth-order valence-electron chi connectivity index (χ4n) is 1.37. The number of primary amides is 1. The Kier molecular flexibility index (Phi) is 4.93. The first-order valence-electron chi connectivity index (χ1n) is 4.85. The molecule has 0 radical (unpaired) electrons. The van der Waals surface area contributed by atoms with Crippen molar-refractivity contribution in [1.82, 2.24) is 4.90 Å². The van der Waals surface area contributed by atoms with Crippen molar-refractivity contribution in [3.05, 3.63) is 33.8 Å². The van der Waals surface area contributed by atoms with E-state index < -0.39 is 5.91 Å². The van der Waals surface area contributed by atoms with E-state index in [-0.39, 0.29) is 18.9 Å². The standard InChI is InChI=1S/C11H12Cl2N2O2/c1-15(6-11(14)17)5-10(16)8-3-2-7(12)4-9(8)13/h2-4H,5-6H2,1H3,(H2,14,17). The molecular formula is C11H12Cl2N2O2. The van der Waals surface area contributed by atoms with Crippen LogP contribution in [-0.2, 0) is 4.79 Å². The second kappa shape index (κ2) is 6.00. The van der Waals surface area contributed by atoms with Gasteiger partial charge in [-0.15, -0.1) is 0 Å². The largest absolute Gasteiger partial charge is 0.369 e. The van der Waals surface area contributed by atoms with E-state index in [4.69, 9.17) is 28.9 Å². The third-order valence-corrected chi connectivity index (χ3v) is 2.62. The van der Waals surface area contributed by atoms with E-state index in [1.807, 2.05) is 0 Å². The molecule has 0 atom stereocenters. The van der Waals surface area contributed by atoms with Gasteiger partial charge in [-0.05, 0) is 25.2 Å². The molecular weight excluding hydrogens is 263 g/mol. The molecule has 17 heavy (non-hydrogen) atoms. The number of benzene rings is 1. The first kappa shape index (κ1) is 14.0. The molecule has 0 saturated carbocycles. The lowest BCUT2D eigenvalue weighted by Crippen LogP contribution is -2.34. The number of carbonyl (C=O) groups is 2. The zero-order valence-corrected chi connectivity index (χ0v) is 10.8. The van der Waals surface area contributed by atoms with E-state index in [1.165, 1.54) is 11.0 Å². The normalized spacial score (nSPS) is 10.6. The molecule has 0 unspecified atom stereocenters. The molecule has 0 aromatic heterocycles. The highest BCUT2D eigenvalue weighted by atomic mass is 35.5. The zero-order chi connectivity index (χ0) is 13.0. The summed E-state index contributed by atoms with van der Waals surface area (Å²) >= 11 is 11.6. The quantitative estimate of drug-likeness (QED) is 0.830. The molecule has 1 aromatic rings. The SMILES string of the molecule is CN(CC(N)=O)CC(=O)c1ccc(Cl)cc1Cl. The summed E-state index contributed by atoms with van der Waals surface area (Å²) in [5.41, 5.74) is 5.40. The molecule has 0 aliphatic rings. The third kappa shape index (κ3) is 4.34. The number of nitrogens with zero attached hydrogens (tertiary/aromatic N) is 1. The Morgan fingerprint density at radius 3 is 2.47 bits per heavy atom. The number of hydrogen-bond donors (Lipinski definition) is 1. The number of amides is 1. The van der Waals surface area contributed by atoms with Crippen LogP contribution < -0.4 is 5.73 Å². The highest BCUT2D eigenvalue weighted by Gasteiger charge is 2.14. The van der Waals surface area contributed by atoms with E-state index in [9.17, 15) is 9.59 Å². The van der Waals surface area contributed by atoms with E-state index in [0.29, 0.717) is 15.6 Å². The Hall–Kier alpha value is -1.10. The van der Waals surface area contributed by atoms with E-state index >= 15 is 0 Å². The lowest BCUT2D eigenvalue weighted by Gasteiger charge is -2.13. The van der Waals surface area contributed by atoms with Crippen LogP contribution in [0.1, 0.15) is 10.4 Å². The summed E-state index contributed by atoms with van der Waals surface area (Å²) in [6.07, 6.45) is 0. The number of rotatable bonds is 5. The Morgan fingerprint density at radius 2 is 1.94 bits per heavy atom. The average Bonchev–Trinajstić information content (AvgIpc) is 2.15. The summed E-state index contributed by atoms with van der Waals surface area (Å²) in [7, 11) is 1.63. The van der Waals surface area contributed by atoms with Crippen molar-refractivity contribution in [2.24, 2.45) is 5.73 Å². The molecule has 1 rings (SSSR count). The smallest absolute Gasteiger partial charge is 0.231 e. The van der Waals surface area contributed by atoms with Crippen LogP contribution in [0, 0.1) is 0 Å². The Balaban J connectivity index is 2.73. The molecule has 4 nitrogen and oxygen atoms in total. The second-order valence-electron chi connectivity index (χ2n) is 3.69. The van der Waals surface area contributed by atoms with Crippen molar-refractivity contribution in [1.29, 1.82) is 0 Å². The van der Waals surface area contributed by atoms with E-state index in [1.54, 1.807) is 19.2 Å². The van der Waals surface area contributed by atoms with Crippen LogP contribution in [0.4, 0.5) is 0 Å². The summed E-state index contributed by atoms with van der Waals surface area (Å²) in [5.74, 6) is -0.669. The zero-order valence-electron chi connectivity index (χ0n) is 9.24. The van der Waals surface area contributed by atoms with Crippen molar-refractivity contribution in [2.45, 2.75) is 0 Å². The molecule has 0 bridgehead atoms. The van der Waals surface area contributed by atoms with Crippen LogP contribution in [0.5, 0.6) is 0 Å². The molecule has 0 aliphatic heterocycles. The number of halogens is 2. The Bertz CT molecular complexity index is 449. The lowest BCUT2D eigenvalue weighted by atomic mass is 10.1. The van der Waals surface area contributed by atoms with Crippen LogP contribution in [-0.4, -0.2) is 36.7 Å². The van der Waals surface area contributed by atoms with Crippen LogP contribution in [0.3, 0.4) is 0 Å². The first-order chi connectivity index (χ1) is 7.90. The van der Waals surface area contributed by atoms with Gasteiger partial charge in [0.05, 0.1) is 18.1 Å². The summed E-state index contributed by atoms with van der Waals surface area (Å²) in [4.78, 5) is 24.0.